The van der Waals surface area contributed by atoms with E-state index < -0.39 is 51.9 Å². The molecule has 10 nitrogen and oxygen atoms in total. The van der Waals surface area contributed by atoms with E-state index >= 15 is 0 Å². The molecule has 4 rings (SSSR count). The zero-order chi connectivity index (χ0) is 26.7. The highest BCUT2D eigenvalue weighted by molar-refractivity contribution is 8.01. The molecule has 0 aromatic heterocycles. The van der Waals surface area contributed by atoms with Crippen LogP contribution >= 0.6 is 11.8 Å². The number of hydrogen-bond acceptors (Lipinski definition) is 7. The van der Waals surface area contributed by atoms with Gasteiger partial charge >= 0.3 is 5.97 Å². The van der Waals surface area contributed by atoms with Gasteiger partial charge in [-0.3, -0.25) is 14.4 Å². The highest BCUT2D eigenvalue weighted by atomic mass is 32.2. The highest BCUT2D eigenvalue weighted by Gasteiger charge is 2.64. The van der Waals surface area contributed by atoms with Gasteiger partial charge in [0.05, 0.1) is 6.10 Å². The molecule has 2 saturated heterocycles. The molecular formula is C26H33N3O7S. The van der Waals surface area contributed by atoms with Gasteiger partial charge in [-0.15, -0.1) is 11.8 Å². The first-order valence-electron chi connectivity index (χ1n) is 12.5. The van der Waals surface area contributed by atoms with Crippen LogP contribution in [0.4, 0.5) is 0 Å². The number of aliphatic carboxylic acids is 1. The summed E-state index contributed by atoms with van der Waals surface area (Å²) >= 11 is 1.32. The summed E-state index contributed by atoms with van der Waals surface area (Å²) < 4.78 is 5.10. The number of thioether (sulfide) groups is 1. The van der Waals surface area contributed by atoms with Gasteiger partial charge in [-0.05, 0) is 63.6 Å². The first-order chi connectivity index (χ1) is 17.6. The van der Waals surface area contributed by atoms with E-state index in [2.05, 4.69) is 22.8 Å². The van der Waals surface area contributed by atoms with Crippen LogP contribution in [0.2, 0.25) is 0 Å². The van der Waals surface area contributed by atoms with E-state index in [0.717, 1.165) is 32.1 Å². The third kappa shape index (κ3) is 5.93. The molecule has 0 saturated carbocycles. The number of ether oxygens (including phenoxy) is 1. The number of carbonyl (C=O) groups excluding carboxylic acids is 3. The fourth-order valence-electron chi connectivity index (χ4n) is 5.04. The summed E-state index contributed by atoms with van der Waals surface area (Å²) in [6, 6.07) is 2.82. The Balaban J connectivity index is 1.42. The second-order valence-corrected chi connectivity index (χ2v) is 11.9. The first kappa shape index (κ1) is 27.0. The van der Waals surface area contributed by atoms with Crippen molar-refractivity contribution in [3.63, 3.8) is 0 Å². The number of fused-ring (bicyclic) bond motifs is 1. The molecule has 1 unspecified atom stereocenters. The van der Waals surface area contributed by atoms with Gasteiger partial charge in [0.15, 0.2) is 0 Å². The number of rotatable bonds is 8. The molecule has 37 heavy (non-hydrogen) atoms. The van der Waals surface area contributed by atoms with Crippen molar-refractivity contribution < 1.29 is 34.1 Å². The number of carboxylic acid groups (broad SMARTS) is 1. The molecule has 200 valence electrons. The lowest BCUT2D eigenvalue weighted by Gasteiger charge is -2.44. The van der Waals surface area contributed by atoms with E-state index in [1.807, 2.05) is 0 Å². The average molecular weight is 532 g/mol. The first-order valence-corrected chi connectivity index (χ1v) is 13.3. The Labute approximate surface area is 219 Å². The monoisotopic (exact) mass is 531 g/mol. The second-order valence-electron chi connectivity index (χ2n) is 10.1. The van der Waals surface area contributed by atoms with Gasteiger partial charge in [0.1, 0.15) is 35.9 Å². The van der Waals surface area contributed by atoms with Gasteiger partial charge in [-0.1, -0.05) is 24.3 Å². The van der Waals surface area contributed by atoms with E-state index in [-0.39, 0.29) is 18.5 Å². The van der Waals surface area contributed by atoms with Crippen molar-refractivity contribution >= 4 is 35.5 Å². The van der Waals surface area contributed by atoms with Crippen LogP contribution in [-0.4, -0.2) is 73.7 Å². The van der Waals surface area contributed by atoms with Crippen LogP contribution in [0.3, 0.4) is 0 Å². The number of carboxylic acids is 1. The van der Waals surface area contributed by atoms with Gasteiger partial charge < -0.3 is 30.5 Å². The maximum Gasteiger partial charge on any atom is 0.327 e. The quantitative estimate of drug-likeness (QED) is 0.295. The third-order valence-electron chi connectivity index (χ3n) is 6.94. The summed E-state index contributed by atoms with van der Waals surface area (Å²) in [6.07, 6.45) is 8.75. The van der Waals surface area contributed by atoms with Crippen LogP contribution in [0.1, 0.15) is 57.6 Å². The zero-order valence-corrected chi connectivity index (χ0v) is 21.7. The molecule has 2 fully saturated rings. The van der Waals surface area contributed by atoms with Crippen molar-refractivity contribution in [1.82, 2.24) is 15.5 Å². The molecule has 0 spiro atoms. The molecule has 2 heterocycles. The maximum atomic E-state index is 13.3. The van der Waals surface area contributed by atoms with Gasteiger partial charge in [0.2, 0.25) is 17.7 Å². The number of amides is 3. The second kappa shape index (κ2) is 11.1. The molecule has 3 aliphatic rings. The number of phenolic OH excluding ortho intramolecular Hbond substituents is 1. The Bertz CT molecular complexity index is 1070. The van der Waals surface area contributed by atoms with Crippen molar-refractivity contribution in [2.45, 2.75) is 80.3 Å². The number of phenols is 1. The Kier molecular flexibility index (Phi) is 8.13. The number of nitrogens with zero attached hydrogens (tertiary/aromatic N) is 1. The number of β-lactam (4-membered cyclic amide) rings is 1. The van der Waals surface area contributed by atoms with Crippen LogP contribution in [0, 0.1) is 0 Å². The van der Waals surface area contributed by atoms with Gasteiger partial charge in [-0.25, -0.2) is 4.79 Å². The summed E-state index contributed by atoms with van der Waals surface area (Å²) in [5.41, 5.74) is 0.422. The van der Waals surface area contributed by atoms with E-state index in [4.69, 9.17) is 4.74 Å². The van der Waals surface area contributed by atoms with Crippen molar-refractivity contribution in [2.24, 2.45) is 0 Å². The third-order valence-corrected chi connectivity index (χ3v) is 8.51. The van der Waals surface area contributed by atoms with Gasteiger partial charge in [0, 0.05) is 4.75 Å². The van der Waals surface area contributed by atoms with E-state index in [0.29, 0.717) is 5.56 Å². The van der Waals surface area contributed by atoms with Gasteiger partial charge in [-0.2, -0.15) is 0 Å². The minimum atomic E-state index is -1.13. The highest BCUT2D eigenvalue weighted by Crippen LogP contribution is 2.50. The number of benzene rings is 1. The van der Waals surface area contributed by atoms with Crippen molar-refractivity contribution in [3.05, 3.63) is 42.0 Å². The molecule has 1 aromatic rings. The van der Waals surface area contributed by atoms with Gasteiger partial charge in [0.25, 0.3) is 0 Å². The molecule has 3 amide bonds. The van der Waals surface area contributed by atoms with E-state index in [9.17, 15) is 29.4 Å². The Morgan fingerprint density at radius 2 is 1.86 bits per heavy atom. The normalized spacial score (nSPS) is 28.2. The smallest absolute Gasteiger partial charge is 0.327 e. The lowest BCUT2D eigenvalue weighted by molar-refractivity contribution is -0.161. The van der Waals surface area contributed by atoms with Crippen molar-refractivity contribution in [1.29, 1.82) is 0 Å². The molecule has 11 heteroatoms. The number of aromatic hydroxyl groups is 1. The summed E-state index contributed by atoms with van der Waals surface area (Å²) in [5, 5.41) is 24.2. The van der Waals surface area contributed by atoms with E-state index in [1.54, 1.807) is 13.8 Å². The Morgan fingerprint density at radius 3 is 2.57 bits per heavy atom. The molecule has 5 atom stereocenters. The molecule has 4 N–H and O–H groups in total. The Morgan fingerprint density at radius 1 is 1.16 bits per heavy atom. The molecule has 0 radical (unpaired) electrons. The topological polar surface area (TPSA) is 145 Å². The largest absolute Gasteiger partial charge is 0.508 e. The lowest BCUT2D eigenvalue weighted by atomic mass is 9.95. The molecule has 1 aliphatic carbocycles. The summed E-state index contributed by atoms with van der Waals surface area (Å²) in [7, 11) is 0. The average Bonchev–Trinajstić information content (AvgIpc) is 3.08. The minimum Gasteiger partial charge on any atom is -0.508 e. The van der Waals surface area contributed by atoms with Crippen LogP contribution in [0.15, 0.2) is 36.4 Å². The van der Waals surface area contributed by atoms with E-state index in [1.165, 1.54) is 40.9 Å². The number of carbonyl (C=O) groups is 4. The van der Waals surface area contributed by atoms with Crippen molar-refractivity contribution in [3.8, 4) is 5.75 Å². The Hall–Kier alpha value is -3.05. The molecular weight excluding hydrogens is 498 g/mol. The molecule has 1 aromatic carbocycles. The fraction of sp³-hybridized carbons (Fsp3) is 0.538. The standard InChI is InChI=1S/C26H33N3O7S/c1-26(2)21(25(34)35)29-23(33)20(24(29)37-26)28-22(32)19(15-10-12-16(30)13-11-15)27-18(31)14-36-17-8-6-4-3-5-7-9-17/h3-4,10-13,17,19-21,24,30H,5-9,14H2,1-2H3,(H,27,31)(H,28,32)(H,34,35)/b4-3+/t17?,19-,20-,21+,24-/m1/s1. The zero-order valence-electron chi connectivity index (χ0n) is 20.9. The molecule has 2 aliphatic heterocycles. The summed E-state index contributed by atoms with van der Waals surface area (Å²) in [4.78, 5) is 52.0. The lowest BCUT2D eigenvalue weighted by Crippen LogP contribution is -2.71. The molecule has 0 bridgehead atoms. The number of nitrogens with one attached hydrogen (secondary N) is 2. The maximum absolute atomic E-state index is 13.3. The SMILES string of the molecule is CC1(C)S[C@@H]2[C@H](NC(=O)[C@H](NC(=O)COC3CC/C=C/CCC3)c3ccc(O)cc3)C(=O)N2[C@H]1C(=O)O. The fourth-order valence-corrected chi connectivity index (χ4v) is 6.66. The van der Waals surface area contributed by atoms with Crippen molar-refractivity contribution in [2.75, 3.05) is 6.61 Å². The summed E-state index contributed by atoms with van der Waals surface area (Å²) in [5.74, 6) is -2.64. The van der Waals surface area contributed by atoms with Crippen LogP contribution in [0.25, 0.3) is 0 Å². The minimum absolute atomic E-state index is 0.00464. The number of allylic oxidation sites excluding steroid dienone is 2. The predicted molar refractivity (Wildman–Crippen MR) is 137 cm³/mol. The van der Waals surface area contributed by atoms with Crippen LogP contribution in [-0.2, 0) is 23.9 Å². The summed E-state index contributed by atoms with van der Waals surface area (Å²) in [6.45, 7) is 3.30. The van der Waals surface area contributed by atoms with Crippen LogP contribution < -0.4 is 10.6 Å². The number of hydrogen-bond donors (Lipinski definition) is 4. The predicted octanol–water partition coefficient (Wildman–Crippen LogP) is 2.09. The van der Waals surface area contributed by atoms with Crippen LogP contribution in [0.5, 0.6) is 5.75 Å².